The van der Waals surface area contributed by atoms with Crippen molar-refractivity contribution in [3.05, 3.63) is 22.9 Å². The van der Waals surface area contributed by atoms with Gasteiger partial charge in [0.15, 0.2) is 0 Å². The van der Waals surface area contributed by atoms with Crippen LogP contribution >= 0.6 is 11.3 Å². The van der Waals surface area contributed by atoms with Crippen LogP contribution in [0.25, 0.3) is 21.7 Å². The maximum Gasteiger partial charge on any atom is 0.406 e. The number of rotatable bonds is 5. The van der Waals surface area contributed by atoms with E-state index in [-0.39, 0.29) is 23.5 Å². The predicted octanol–water partition coefficient (Wildman–Crippen LogP) is 3.70. The Morgan fingerprint density at radius 3 is 2.73 bits per heavy atom. The van der Waals surface area contributed by atoms with Crippen molar-refractivity contribution < 1.29 is 22.5 Å². The number of carbonyl (C=O) groups is 1. The molecule has 0 bridgehead atoms. The first-order valence-electron chi connectivity index (χ1n) is 9.75. The van der Waals surface area contributed by atoms with Gasteiger partial charge in [0.25, 0.3) is 5.91 Å². The van der Waals surface area contributed by atoms with E-state index in [0.29, 0.717) is 28.1 Å². The number of likely N-dealkylation sites (tertiary alicyclic amines) is 1. The molecule has 4 rings (SSSR count). The molecule has 0 atom stereocenters. The van der Waals surface area contributed by atoms with Crippen molar-refractivity contribution in [3.63, 3.8) is 0 Å². The summed E-state index contributed by atoms with van der Waals surface area (Å²) in [5.74, 6) is 0.156. The second-order valence-corrected chi connectivity index (χ2v) is 8.37. The van der Waals surface area contributed by atoms with E-state index in [9.17, 15) is 18.0 Å². The van der Waals surface area contributed by atoms with E-state index in [1.807, 2.05) is 14.0 Å². The normalized spacial score (nSPS) is 16.4. The van der Waals surface area contributed by atoms with Crippen molar-refractivity contribution in [1.29, 1.82) is 0 Å². The molecule has 1 aliphatic heterocycles. The molecule has 0 unspecified atom stereocenters. The van der Waals surface area contributed by atoms with Crippen molar-refractivity contribution in [2.45, 2.75) is 44.9 Å². The highest BCUT2D eigenvalue weighted by Gasteiger charge is 2.32. The number of carbonyl (C=O) groups excluding carboxylic acids is 1. The Kier molecular flexibility index (Phi) is 5.58. The van der Waals surface area contributed by atoms with E-state index in [1.165, 1.54) is 0 Å². The summed E-state index contributed by atoms with van der Waals surface area (Å²) in [7, 11) is 2.03. The van der Waals surface area contributed by atoms with Gasteiger partial charge in [-0.25, -0.2) is 0 Å². The van der Waals surface area contributed by atoms with Gasteiger partial charge in [-0.1, -0.05) is 12.1 Å². The van der Waals surface area contributed by atoms with Gasteiger partial charge in [-0.05, 0) is 39.0 Å². The second-order valence-electron chi connectivity index (χ2n) is 7.52. The maximum atomic E-state index is 13.3. The smallest absolute Gasteiger partial charge is 0.349 e. The van der Waals surface area contributed by atoms with Crippen LogP contribution in [0.3, 0.4) is 0 Å². The van der Waals surface area contributed by atoms with Crippen molar-refractivity contribution in [3.8, 4) is 11.5 Å². The average Bonchev–Trinajstić information content (AvgIpc) is 3.38. The van der Waals surface area contributed by atoms with Crippen LogP contribution in [0.2, 0.25) is 0 Å². The topological polar surface area (TPSA) is 76.2 Å². The molecule has 0 saturated carbocycles. The van der Waals surface area contributed by atoms with Gasteiger partial charge in [-0.2, -0.15) is 18.2 Å². The first-order chi connectivity index (χ1) is 14.2. The molecule has 1 fully saturated rings. The Hall–Kier alpha value is -2.40. The lowest BCUT2D eigenvalue weighted by Gasteiger charge is -2.29. The van der Waals surface area contributed by atoms with Crippen LogP contribution in [0.4, 0.5) is 13.2 Å². The Morgan fingerprint density at radius 1 is 1.37 bits per heavy atom. The van der Waals surface area contributed by atoms with Gasteiger partial charge >= 0.3 is 6.18 Å². The zero-order valence-corrected chi connectivity index (χ0v) is 17.4. The number of hydrogen-bond acceptors (Lipinski definition) is 6. The third-order valence-corrected chi connectivity index (χ3v) is 6.28. The summed E-state index contributed by atoms with van der Waals surface area (Å²) in [5, 5.41) is 8.92. The molecular formula is C19H22F3N5O2S. The number of aryl methyl sites for hydroxylation is 1. The standard InChI is InChI=1S/C19H22F3N5O2S/c1-3-15-24-16(25-29-15)14-8-12-13(9-30-18(12)27(14)10-19(20,21)22)17(28)23-11-4-6-26(2)7-5-11/h8-9,11H,3-7,10H2,1-2H3,(H,23,28). The monoisotopic (exact) mass is 441 g/mol. The highest BCUT2D eigenvalue weighted by Crippen LogP contribution is 2.36. The Balaban J connectivity index is 1.69. The van der Waals surface area contributed by atoms with Gasteiger partial charge in [0.1, 0.15) is 11.4 Å². The number of halogens is 3. The quantitative estimate of drug-likeness (QED) is 0.654. The number of nitrogens with zero attached hydrogens (tertiary/aromatic N) is 4. The third kappa shape index (κ3) is 4.22. The summed E-state index contributed by atoms with van der Waals surface area (Å²) < 4.78 is 46.0. The molecule has 1 N–H and O–H groups in total. The number of thiophene rings is 1. The van der Waals surface area contributed by atoms with Gasteiger partial charge in [-0.3, -0.25) is 4.79 Å². The summed E-state index contributed by atoms with van der Waals surface area (Å²) in [5.41, 5.74) is 0.557. The molecule has 0 radical (unpaired) electrons. The van der Waals surface area contributed by atoms with Gasteiger partial charge in [0.05, 0.1) is 11.3 Å². The van der Waals surface area contributed by atoms with Crippen molar-refractivity contribution in [2.24, 2.45) is 0 Å². The lowest BCUT2D eigenvalue weighted by Crippen LogP contribution is -2.43. The van der Waals surface area contributed by atoms with E-state index in [2.05, 4.69) is 20.4 Å². The van der Waals surface area contributed by atoms with Crippen molar-refractivity contribution in [1.82, 2.24) is 24.9 Å². The van der Waals surface area contributed by atoms with Gasteiger partial charge in [0, 0.05) is 23.2 Å². The van der Waals surface area contributed by atoms with E-state index in [0.717, 1.165) is 41.8 Å². The van der Waals surface area contributed by atoms with Crippen molar-refractivity contribution >= 4 is 27.5 Å². The van der Waals surface area contributed by atoms with Crippen LogP contribution in [0.15, 0.2) is 16.0 Å². The fourth-order valence-corrected chi connectivity index (χ4v) is 4.69. The zero-order chi connectivity index (χ0) is 21.5. The maximum absolute atomic E-state index is 13.3. The van der Waals surface area contributed by atoms with Crippen LogP contribution in [-0.4, -0.2) is 57.9 Å². The molecule has 30 heavy (non-hydrogen) atoms. The SMILES string of the molecule is CCc1nc(-c2cc3c(C(=O)NC4CCN(C)CC4)csc3n2CC(F)(F)F)no1. The summed E-state index contributed by atoms with van der Waals surface area (Å²) >= 11 is 1.11. The van der Waals surface area contributed by atoms with E-state index in [4.69, 9.17) is 4.52 Å². The first kappa shape index (κ1) is 20.9. The number of aromatic nitrogens is 3. The van der Waals surface area contributed by atoms with Crippen LogP contribution < -0.4 is 5.32 Å². The fourth-order valence-electron chi connectivity index (χ4n) is 3.65. The minimum atomic E-state index is -4.43. The van der Waals surface area contributed by atoms with E-state index >= 15 is 0 Å². The van der Waals surface area contributed by atoms with Gasteiger partial charge in [0.2, 0.25) is 11.7 Å². The molecule has 1 saturated heterocycles. The van der Waals surface area contributed by atoms with Gasteiger partial charge in [-0.15, -0.1) is 11.3 Å². The van der Waals surface area contributed by atoms with Gasteiger partial charge < -0.3 is 19.3 Å². The minimum Gasteiger partial charge on any atom is -0.349 e. The number of hydrogen-bond donors (Lipinski definition) is 1. The molecule has 11 heteroatoms. The fraction of sp³-hybridized carbons (Fsp3) is 0.526. The molecule has 1 aliphatic rings. The number of amides is 1. The number of piperidine rings is 1. The molecular weight excluding hydrogens is 419 g/mol. The number of fused-ring (bicyclic) bond motifs is 1. The summed E-state index contributed by atoms with van der Waals surface area (Å²) in [6, 6.07) is 1.61. The van der Waals surface area contributed by atoms with Crippen LogP contribution in [0, 0.1) is 0 Å². The molecule has 3 aromatic rings. The zero-order valence-electron chi connectivity index (χ0n) is 16.6. The average molecular weight is 441 g/mol. The minimum absolute atomic E-state index is 0.0599. The molecule has 0 aliphatic carbocycles. The molecule has 1 amide bonds. The Bertz CT molecular complexity index is 1050. The molecule has 7 nitrogen and oxygen atoms in total. The van der Waals surface area contributed by atoms with Crippen LogP contribution in [0.5, 0.6) is 0 Å². The summed E-state index contributed by atoms with van der Waals surface area (Å²) in [6.07, 6.45) is -2.26. The third-order valence-electron chi connectivity index (χ3n) is 5.26. The Morgan fingerprint density at radius 2 is 2.10 bits per heavy atom. The van der Waals surface area contributed by atoms with E-state index < -0.39 is 12.7 Å². The second kappa shape index (κ2) is 8.03. The largest absolute Gasteiger partial charge is 0.406 e. The first-order valence-corrected chi connectivity index (χ1v) is 10.6. The molecule has 162 valence electrons. The molecule has 0 aromatic carbocycles. The van der Waals surface area contributed by atoms with Crippen molar-refractivity contribution in [2.75, 3.05) is 20.1 Å². The highest BCUT2D eigenvalue weighted by molar-refractivity contribution is 7.17. The molecule has 3 aromatic heterocycles. The molecule has 0 spiro atoms. The van der Waals surface area contributed by atoms with Crippen LogP contribution in [-0.2, 0) is 13.0 Å². The summed E-state index contributed by atoms with van der Waals surface area (Å²) in [6.45, 7) is 2.41. The Labute approximate surface area is 174 Å². The lowest BCUT2D eigenvalue weighted by atomic mass is 10.0. The van der Waals surface area contributed by atoms with E-state index in [1.54, 1.807) is 11.4 Å². The highest BCUT2D eigenvalue weighted by atomic mass is 32.1. The number of nitrogens with one attached hydrogen (secondary N) is 1. The summed E-state index contributed by atoms with van der Waals surface area (Å²) in [4.78, 5) is 19.6. The predicted molar refractivity (Wildman–Crippen MR) is 107 cm³/mol. The molecule has 4 heterocycles. The van der Waals surface area contributed by atoms with Crippen LogP contribution in [0.1, 0.15) is 36.0 Å². The lowest BCUT2D eigenvalue weighted by molar-refractivity contribution is -0.139. The number of alkyl halides is 3.